The van der Waals surface area contributed by atoms with Gasteiger partial charge in [0.05, 0.1) is 30.1 Å². The lowest BCUT2D eigenvalue weighted by molar-refractivity contribution is -0.123. The molecule has 7 rings (SSSR count). The number of amides is 1. The Morgan fingerprint density at radius 3 is 2.26 bits per heavy atom. The van der Waals surface area contributed by atoms with Crippen LogP contribution in [0.15, 0.2) is 89.6 Å². The van der Waals surface area contributed by atoms with Gasteiger partial charge in [-0.05, 0) is 92.4 Å². The van der Waals surface area contributed by atoms with Gasteiger partial charge in [0.25, 0.3) is 5.91 Å². The van der Waals surface area contributed by atoms with E-state index in [0.29, 0.717) is 29.0 Å². The zero-order chi connectivity index (χ0) is 34.5. The van der Waals surface area contributed by atoms with Crippen molar-refractivity contribution in [3.63, 3.8) is 0 Å². The molecule has 252 valence electrons. The van der Waals surface area contributed by atoms with E-state index in [9.17, 15) is 9.59 Å². The van der Waals surface area contributed by atoms with Crippen molar-refractivity contribution in [3.8, 4) is 11.8 Å². The summed E-state index contributed by atoms with van der Waals surface area (Å²) < 4.78 is 7.74. The predicted octanol–water partition coefficient (Wildman–Crippen LogP) is 6.46. The molecule has 2 aliphatic rings. The highest BCUT2D eigenvalue weighted by atomic mass is 16.3. The molecule has 2 aliphatic heterocycles. The number of benzene rings is 3. The molecular formula is C40H39N7O3. The van der Waals surface area contributed by atoms with Gasteiger partial charge in [0.2, 0.25) is 0 Å². The molecule has 0 atom stereocenters. The number of Topliss-reactive ketones (excluding diaryl/α,β-unsaturated/α-hetero) is 1. The first-order valence-electron chi connectivity index (χ1n) is 17.2. The molecule has 4 heterocycles. The van der Waals surface area contributed by atoms with E-state index >= 15 is 0 Å². The van der Waals surface area contributed by atoms with Crippen LogP contribution in [-0.4, -0.2) is 63.5 Å². The summed E-state index contributed by atoms with van der Waals surface area (Å²) in [5.41, 5.74) is 6.07. The summed E-state index contributed by atoms with van der Waals surface area (Å²) in [6.07, 6.45) is 7.66. The summed E-state index contributed by atoms with van der Waals surface area (Å²) in [4.78, 5) is 34.6. The third-order valence-corrected chi connectivity index (χ3v) is 9.92. The highest BCUT2D eigenvalue weighted by Crippen LogP contribution is 2.26. The summed E-state index contributed by atoms with van der Waals surface area (Å²) in [6.45, 7) is 12.2. The summed E-state index contributed by atoms with van der Waals surface area (Å²) in [5, 5.41) is 17.5. The van der Waals surface area contributed by atoms with Crippen molar-refractivity contribution in [2.75, 3.05) is 26.2 Å². The van der Waals surface area contributed by atoms with Crippen LogP contribution in [0.3, 0.4) is 0 Å². The van der Waals surface area contributed by atoms with Gasteiger partial charge in [-0.15, -0.1) is 0 Å². The van der Waals surface area contributed by atoms with Crippen LogP contribution in [0.1, 0.15) is 58.5 Å². The Bertz CT molecular complexity index is 2050. The lowest BCUT2D eigenvalue weighted by Gasteiger charge is -2.32. The number of fused-ring (bicyclic) bond motifs is 1. The van der Waals surface area contributed by atoms with Crippen molar-refractivity contribution >= 4 is 28.3 Å². The maximum Gasteiger partial charge on any atom is 0.287 e. The van der Waals surface area contributed by atoms with Crippen molar-refractivity contribution in [1.82, 2.24) is 24.9 Å². The largest absolute Gasteiger partial charge is 0.451 e. The van der Waals surface area contributed by atoms with Gasteiger partial charge in [0, 0.05) is 61.7 Å². The first-order valence-corrected chi connectivity index (χ1v) is 17.2. The number of carbonyl (C=O) groups excluding carboxylic acids is 2. The minimum Gasteiger partial charge on any atom is -0.451 e. The first kappa shape index (κ1) is 33.0. The topological polar surface area (TPSA) is 112 Å². The van der Waals surface area contributed by atoms with E-state index in [2.05, 4.69) is 31.1 Å². The van der Waals surface area contributed by atoms with E-state index in [1.165, 1.54) is 5.56 Å². The lowest BCUT2D eigenvalue weighted by atomic mass is 9.89. The Hall–Kier alpha value is -5.55. The van der Waals surface area contributed by atoms with Gasteiger partial charge in [-0.1, -0.05) is 30.3 Å². The molecule has 0 radical (unpaired) electrons. The van der Waals surface area contributed by atoms with E-state index in [4.69, 9.17) is 16.3 Å². The number of hydrogen-bond donors (Lipinski definition) is 1. The van der Waals surface area contributed by atoms with Crippen molar-refractivity contribution in [3.05, 3.63) is 125 Å². The standard InChI is InChI=1S/C40H39N7O3/c1-42-34-7-9-36(10-8-34)47-27-31(24-43-47)26-45-16-12-32(13-17-45)37(48)21-30-6-11-38-33(20-30)22-39(50-38)40(49)44-35-14-18-46(19-15-35)25-29-4-2-28(23-41)3-5-29/h2-11,20,22,24,27,32,35H,12-19,21,25-26H2,(H,44,49). The number of rotatable bonds is 10. The molecule has 2 fully saturated rings. The van der Waals surface area contributed by atoms with Gasteiger partial charge < -0.3 is 9.73 Å². The number of hydrogen-bond acceptors (Lipinski definition) is 7. The number of likely N-dealkylation sites (tertiary alicyclic amines) is 2. The Kier molecular flexibility index (Phi) is 9.84. The van der Waals surface area contributed by atoms with Crippen molar-refractivity contribution in [2.24, 2.45) is 5.92 Å². The number of nitriles is 1. The lowest BCUT2D eigenvalue weighted by Crippen LogP contribution is -2.44. The summed E-state index contributed by atoms with van der Waals surface area (Å²) in [5.74, 6) is 0.372. The Morgan fingerprint density at radius 1 is 0.880 bits per heavy atom. The van der Waals surface area contributed by atoms with Gasteiger partial charge in [-0.2, -0.15) is 10.4 Å². The average Bonchev–Trinajstić information content (AvgIpc) is 3.80. The number of ketones is 1. The Balaban J connectivity index is 0.863. The smallest absolute Gasteiger partial charge is 0.287 e. The highest BCUT2D eigenvalue weighted by Gasteiger charge is 2.26. The summed E-state index contributed by atoms with van der Waals surface area (Å²) >= 11 is 0. The van der Waals surface area contributed by atoms with Gasteiger partial charge in [0.1, 0.15) is 11.4 Å². The van der Waals surface area contributed by atoms with E-state index in [-0.39, 0.29) is 23.7 Å². The molecule has 50 heavy (non-hydrogen) atoms. The number of piperidine rings is 2. The van der Waals surface area contributed by atoms with Crippen LogP contribution in [-0.2, 0) is 24.3 Å². The van der Waals surface area contributed by atoms with E-state index in [0.717, 1.165) is 87.2 Å². The zero-order valence-electron chi connectivity index (χ0n) is 27.9. The number of nitrogens with zero attached hydrogens (tertiary/aromatic N) is 6. The molecule has 3 aromatic carbocycles. The first-order chi connectivity index (χ1) is 24.4. The van der Waals surface area contributed by atoms with E-state index in [1.807, 2.05) is 71.7 Å². The fraction of sp³-hybridized carbons (Fsp3) is 0.325. The van der Waals surface area contributed by atoms with Crippen LogP contribution in [0, 0.1) is 23.8 Å². The molecule has 10 nitrogen and oxygen atoms in total. The minimum atomic E-state index is -0.210. The molecule has 1 N–H and O–H groups in total. The number of carbonyl (C=O) groups is 2. The minimum absolute atomic E-state index is 0.0341. The molecule has 2 saturated heterocycles. The van der Waals surface area contributed by atoms with Gasteiger partial charge in [0.15, 0.2) is 11.4 Å². The van der Waals surface area contributed by atoms with Crippen LogP contribution in [0.2, 0.25) is 0 Å². The Labute approximate surface area is 291 Å². The van der Waals surface area contributed by atoms with Gasteiger partial charge in [-0.25, -0.2) is 9.53 Å². The molecule has 1 amide bonds. The zero-order valence-corrected chi connectivity index (χ0v) is 27.9. The second-order valence-electron chi connectivity index (χ2n) is 13.4. The molecule has 10 heteroatoms. The van der Waals surface area contributed by atoms with E-state index < -0.39 is 0 Å². The number of furan rings is 1. The summed E-state index contributed by atoms with van der Waals surface area (Å²) in [6, 6.07) is 24.9. The molecule has 0 bridgehead atoms. The van der Waals surface area contributed by atoms with Gasteiger partial charge >= 0.3 is 0 Å². The van der Waals surface area contributed by atoms with Crippen molar-refractivity contribution in [2.45, 2.75) is 51.2 Å². The van der Waals surface area contributed by atoms with Crippen LogP contribution in [0.4, 0.5) is 5.69 Å². The van der Waals surface area contributed by atoms with Crippen LogP contribution in [0.25, 0.3) is 21.5 Å². The molecular weight excluding hydrogens is 626 g/mol. The van der Waals surface area contributed by atoms with Crippen molar-refractivity contribution in [1.29, 1.82) is 5.26 Å². The van der Waals surface area contributed by atoms with Gasteiger partial charge in [-0.3, -0.25) is 19.4 Å². The highest BCUT2D eigenvalue weighted by molar-refractivity contribution is 5.96. The van der Waals surface area contributed by atoms with Crippen LogP contribution >= 0.6 is 0 Å². The fourth-order valence-electron chi connectivity index (χ4n) is 7.03. The van der Waals surface area contributed by atoms with Crippen molar-refractivity contribution < 1.29 is 14.0 Å². The normalized spacial score (nSPS) is 16.2. The molecule has 0 saturated carbocycles. The van der Waals surface area contributed by atoms with E-state index in [1.54, 1.807) is 18.2 Å². The quantitative estimate of drug-likeness (QED) is 0.171. The SMILES string of the molecule is [C-]#[N+]c1ccc(-n2cc(CN3CCC(C(=O)Cc4ccc5oc(C(=O)NC6CCN(Cc7ccc(C#N)cc7)CC6)cc5c4)CC3)cn2)cc1. The molecule has 0 aliphatic carbocycles. The molecule has 0 unspecified atom stereocenters. The maximum absolute atomic E-state index is 13.3. The third kappa shape index (κ3) is 7.84. The Morgan fingerprint density at radius 2 is 1.56 bits per heavy atom. The predicted molar refractivity (Wildman–Crippen MR) is 190 cm³/mol. The molecule has 5 aromatic rings. The van der Waals surface area contributed by atoms with Crippen LogP contribution < -0.4 is 5.32 Å². The monoisotopic (exact) mass is 665 g/mol. The number of aromatic nitrogens is 2. The third-order valence-electron chi connectivity index (χ3n) is 9.92. The maximum atomic E-state index is 13.3. The van der Waals surface area contributed by atoms with Crippen LogP contribution in [0.5, 0.6) is 0 Å². The molecule has 2 aromatic heterocycles. The number of nitrogens with one attached hydrogen (secondary N) is 1. The summed E-state index contributed by atoms with van der Waals surface area (Å²) in [7, 11) is 0. The molecule has 0 spiro atoms. The second-order valence-corrected chi connectivity index (χ2v) is 13.4. The second kappa shape index (κ2) is 14.9. The fourth-order valence-corrected chi connectivity index (χ4v) is 7.03. The average molecular weight is 666 g/mol.